The highest BCUT2D eigenvalue weighted by molar-refractivity contribution is 6.35. The van der Waals surface area contributed by atoms with Crippen molar-refractivity contribution in [2.45, 2.75) is 58.2 Å². The molecule has 7 heteroatoms. The van der Waals surface area contributed by atoms with E-state index in [0.717, 1.165) is 12.8 Å². The summed E-state index contributed by atoms with van der Waals surface area (Å²) in [5.41, 5.74) is 0.100. The van der Waals surface area contributed by atoms with Crippen LogP contribution in [0.3, 0.4) is 0 Å². The first-order chi connectivity index (χ1) is 11.6. The Morgan fingerprint density at radius 1 is 1.32 bits per heavy atom. The van der Waals surface area contributed by atoms with Crippen molar-refractivity contribution < 1.29 is 13.9 Å². The molecule has 0 saturated heterocycles. The van der Waals surface area contributed by atoms with Crippen LogP contribution in [0, 0.1) is 11.7 Å². The lowest BCUT2D eigenvalue weighted by molar-refractivity contribution is 0.0497. The molecule has 0 bridgehead atoms. The van der Waals surface area contributed by atoms with Crippen LogP contribution in [0.25, 0.3) is 0 Å². The highest BCUT2D eigenvalue weighted by atomic mass is 35.5. The van der Waals surface area contributed by atoms with Gasteiger partial charge in [-0.05, 0) is 64.2 Å². The predicted octanol–water partition coefficient (Wildman–Crippen LogP) is 5.09. The molecule has 2 rings (SSSR count). The number of ether oxygens (including phenoxy) is 1. The van der Waals surface area contributed by atoms with E-state index in [1.54, 1.807) is 0 Å². The van der Waals surface area contributed by atoms with Crippen LogP contribution in [0.5, 0.6) is 0 Å². The molecule has 2 N–H and O–H groups in total. The van der Waals surface area contributed by atoms with E-state index in [-0.39, 0.29) is 17.1 Å². The SMILES string of the molecule is CC(NCC(NC(=O)OC(C)(C)C)C1CC1)c1cc(F)c(Cl)cc1Cl. The summed E-state index contributed by atoms with van der Waals surface area (Å²) in [6.45, 7) is 7.93. The normalized spacial score (nSPS) is 17.1. The van der Waals surface area contributed by atoms with Gasteiger partial charge in [0.2, 0.25) is 0 Å². The summed E-state index contributed by atoms with van der Waals surface area (Å²) < 4.78 is 19.0. The Morgan fingerprint density at radius 3 is 2.52 bits per heavy atom. The summed E-state index contributed by atoms with van der Waals surface area (Å²) in [7, 11) is 0. The van der Waals surface area contributed by atoms with Crippen LogP contribution >= 0.6 is 23.2 Å². The molecule has 1 fully saturated rings. The minimum absolute atomic E-state index is 0.00315. The van der Waals surface area contributed by atoms with Gasteiger partial charge >= 0.3 is 6.09 Å². The number of halogens is 3. The summed E-state index contributed by atoms with van der Waals surface area (Å²) in [5.74, 6) is -0.0648. The van der Waals surface area contributed by atoms with E-state index in [2.05, 4.69) is 10.6 Å². The highest BCUT2D eigenvalue weighted by Gasteiger charge is 2.33. The molecular weight excluding hydrogens is 366 g/mol. The smallest absolute Gasteiger partial charge is 0.407 e. The second-order valence-electron chi connectivity index (χ2n) is 7.51. The molecule has 1 aromatic carbocycles. The van der Waals surface area contributed by atoms with Gasteiger partial charge in [0.1, 0.15) is 11.4 Å². The molecule has 2 atom stereocenters. The van der Waals surface area contributed by atoms with Gasteiger partial charge in [0.15, 0.2) is 0 Å². The zero-order valence-electron chi connectivity index (χ0n) is 15.0. The van der Waals surface area contributed by atoms with Gasteiger partial charge in [-0.1, -0.05) is 23.2 Å². The summed E-state index contributed by atoms with van der Waals surface area (Å²) in [6.07, 6.45) is 1.73. The number of hydrogen-bond acceptors (Lipinski definition) is 3. The van der Waals surface area contributed by atoms with Gasteiger partial charge in [-0.15, -0.1) is 0 Å². The molecule has 0 aromatic heterocycles. The predicted molar refractivity (Wildman–Crippen MR) is 98.7 cm³/mol. The van der Waals surface area contributed by atoms with Crippen LogP contribution in [-0.4, -0.2) is 24.3 Å². The summed E-state index contributed by atoms with van der Waals surface area (Å²) >= 11 is 11.9. The maximum atomic E-state index is 13.7. The molecule has 0 radical (unpaired) electrons. The van der Waals surface area contributed by atoms with E-state index >= 15 is 0 Å². The third-order valence-corrected chi connectivity index (χ3v) is 4.66. The molecule has 1 aliphatic carbocycles. The Morgan fingerprint density at radius 2 is 1.96 bits per heavy atom. The largest absolute Gasteiger partial charge is 0.444 e. The maximum Gasteiger partial charge on any atom is 0.407 e. The Labute approximate surface area is 158 Å². The second kappa shape index (κ2) is 8.11. The van der Waals surface area contributed by atoms with Gasteiger partial charge in [0, 0.05) is 23.7 Å². The lowest BCUT2D eigenvalue weighted by atomic mass is 10.1. The first-order valence-electron chi connectivity index (χ1n) is 8.44. The average Bonchev–Trinajstić information content (AvgIpc) is 3.29. The molecule has 0 spiro atoms. The van der Waals surface area contributed by atoms with Crippen molar-refractivity contribution in [1.82, 2.24) is 10.6 Å². The number of carbonyl (C=O) groups excluding carboxylic acids is 1. The number of nitrogens with one attached hydrogen (secondary N) is 2. The monoisotopic (exact) mass is 390 g/mol. The lowest BCUT2D eigenvalue weighted by Crippen LogP contribution is -2.46. The van der Waals surface area contributed by atoms with E-state index in [0.29, 0.717) is 23.0 Å². The fourth-order valence-corrected chi connectivity index (χ4v) is 3.12. The summed E-state index contributed by atoms with van der Waals surface area (Å²) in [5, 5.41) is 6.65. The van der Waals surface area contributed by atoms with Gasteiger partial charge < -0.3 is 15.4 Å². The topological polar surface area (TPSA) is 50.4 Å². The first-order valence-corrected chi connectivity index (χ1v) is 9.19. The van der Waals surface area contributed by atoms with Crippen molar-refractivity contribution >= 4 is 29.3 Å². The van der Waals surface area contributed by atoms with Crippen LogP contribution in [0.1, 0.15) is 52.1 Å². The van der Waals surface area contributed by atoms with E-state index in [9.17, 15) is 9.18 Å². The standard InChI is InChI=1S/C18H25Cl2FN2O2/c1-10(12-7-15(21)14(20)8-13(12)19)22-9-16(11-5-6-11)23-17(24)25-18(2,3)4/h7-8,10-11,16,22H,5-6,9H2,1-4H3,(H,23,24). The average molecular weight is 391 g/mol. The van der Waals surface area contributed by atoms with Crippen LogP contribution in [0.4, 0.5) is 9.18 Å². The summed E-state index contributed by atoms with van der Waals surface area (Å²) in [6, 6.07) is 2.54. The number of amides is 1. The van der Waals surface area contributed by atoms with Crippen molar-refractivity contribution in [2.24, 2.45) is 5.92 Å². The molecule has 1 amide bonds. The second-order valence-corrected chi connectivity index (χ2v) is 8.32. The third-order valence-electron chi connectivity index (χ3n) is 4.04. The number of alkyl carbamates (subject to hydrolysis) is 1. The highest BCUT2D eigenvalue weighted by Crippen LogP contribution is 2.33. The molecule has 1 saturated carbocycles. The Kier molecular flexibility index (Phi) is 6.57. The zero-order chi connectivity index (χ0) is 18.8. The first kappa shape index (κ1) is 20.3. The van der Waals surface area contributed by atoms with Crippen molar-refractivity contribution in [3.8, 4) is 0 Å². The van der Waals surface area contributed by atoms with Crippen LogP contribution < -0.4 is 10.6 Å². The number of benzene rings is 1. The minimum atomic E-state index is -0.534. The number of rotatable bonds is 6. The van der Waals surface area contributed by atoms with Gasteiger partial charge in [-0.2, -0.15) is 0 Å². The quantitative estimate of drug-likeness (QED) is 0.665. The Hall–Kier alpha value is -1.04. The number of carbonyl (C=O) groups is 1. The van der Waals surface area contributed by atoms with Crippen molar-refractivity contribution in [3.05, 3.63) is 33.6 Å². The molecule has 1 aliphatic rings. The van der Waals surface area contributed by atoms with Crippen molar-refractivity contribution in [1.29, 1.82) is 0 Å². The van der Waals surface area contributed by atoms with Gasteiger partial charge in [-0.3, -0.25) is 0 Å². The zero-order valence-corrected chi connectivity index (χ0v) is 16.5. The van der Waals surface area contributed by atoms with Crippen molar-refractivity contribution in [2.75, 3.05) is 6.54 Å². The molecule has 25 heavy (non-hydrogen) atoms. The molecule has 4 nitrogen and oxygen atoms in total. The number of hydrogen-bond donors (Lipinski definition) is 2. The van der Waals surface area contributed by atoms with E-state index in [1.165, 1.54) is 12.1 Å². The fraction of sp³-hybridized carbons (Fsp3) is 0.611. The van der Waals surface area contributed by atoms with Crippen molar-refractivity contribution in [3.63, 3.8) is 0 Å². The fourth-order valence-electron chi connectivity index (χ4n) is 2.58. The van der Waals surface area contributed by atoms with E-state index in [4.69, 9.17) is 27.9 Å². The molecule has 2 unspecified atom stereocenters. The molecule has 1 aromatic rings. The van der Waals surface area contributed by atoms with Crippen LogP contribution in [0.15, 0.2) is 12.1 Å². The van der Waals surface area contributed by atoms with Gasteiger partial charge in [0.05, 0.1) is 5.02 Å². The third kappa shape index (κ3) is 6.32. The maximum absolute atomic E-state index is 13.7. The Bertz CT molecular complexity index is 630. The molecule has 140 valence electrons. The van der Waals surface area contributed by atoms with Gasteiger partial charge in [0.25, 0.3) is 0 Å². The molecule has 0 aliphatic heterocycles. The molecule has 0 heterocycles. The van der Waals surface area contributed by atoms with Gasteiger partial charge in [-0.25, -0.2) is 9.18 Å². The van der Waals surface area contributed by atoms with Crippen LogP contribution in [0.2, 0.25) is 10.0 Å². The molecular formula is C18H25Cl2FN2O2. The van der Waals surface area contributed by atoms with Crippen LogP contribution in [-0.2, 0) is 4.74 Å². The summed E-state index contributed by atoms with van der Waals surface area (Å²) in [4.78, 5) is 12.0. The lowest BCUT2D eigenvalue weighted by Gasteiger charge is -2.25. The van der Waals surface area contributed by atoms with E-state index in [1.807, 2.05) is 27.7 Å². The Balaban J connectivity index is 1.95. The van der Waals surface area contributed by atoms with E-state index < -0.39 is 17.5 Å². The minimum Gasteiger partial charge on any atom is -0.444 e.